The Kier molecular flexibility index (Phi) is 8.24. The van der Waals surface area contributed by atoms with Crippen LogP contribution in [0, 0.1) is 0 Å². The molecule has 2 heteroatoms. The number of rotatable bonds is 7. The first-order valence-electron chi connectivity index (χ1n) is 4.94. The lowest BCUT2D eigenvalue weighted by atomic mass is 10.3. The zero-order valence-corrected chi connectivity index (χ0v) is 8.42. The Bertz CT molecular complexity index is 104. The second-order valence-electron chi connectivity index (χ2n) is 3.06. The van der Waals surface area contributed by atoms with E-state index < -0.39 is 0 Å². The molecule has 0 aromatic heterocycles. The Labute approximate surface area is 76.4 Å². The molecule has 12 heavy (non-hydrogen) atoms. The molecular weight excluding hydrogens is 148 g/mol. The fourth-order valence-corrected chi connectivity index (χ4v) is 1.32. The lowest BCUT2D eigenvalue weighted by molar-refractivity contribution is 0.280. The first kappa shape index (κ1) is 11.5. The maximum atomic E-state index is 5.26. The summed E-state index contributed by atoms with van der Waals surface area (Å²) in [7, 11) is 0. The summed E-state index contributed by atoms with van der Waals surface area (Å²) in [5, 5.41) is 0. The van der Waals surface area contributed by atoms with Crippen LogP contribution in [0.3, 0.4) is 0 Å². The highest BCUT2D eigenvalue weighted by Crippen LogP contribution is 1.96. The molecule has 0 aromatic carbocycles. The van der Waals surface area contributed by atoms with Crippen molar-refractivity contribution >= 4 is 0 Å². The molecule has 0 aliphatic heterocycles. The van der Waals surface area contributed by atoms with Gasteiger partial charge < -0.3 is 10.6 Å². The van der Waals surface area contributed by atoms with Gasteiger partial charge in [-0.15, -0.1) is 0 Å². The van der Waals surface area contributed by atoms with Crippen molar-refractivity contribution in [2.75, 3.05) is 19.6 Å². The number of nitrogens with zero attached hydrogens (tertiary/aromatic N) is 1. The molecule has 0 radical (unpaired) electrons. The van der Waals surface area contributed by atoms with Crippen LogP contribution >= 0.6 is 0 Å². The van der Waals surface area contributed by atoms with Crippen LogP contribution in [0.2, 0.25) is 0 Å². The maximum Gasteiger partial charge on any atom is 0.00165 e. The molecule has 0 aliphatic carbocycles. The van der Waals surface area contributed by atoms with Crippen LogP contribution in [0.1, 0.15) is 33.1 Å². The molecule has 0 atom stereocenters. The number of hydrogen-bond acceptors (Lipinski definition) is 2. The Balaban J connectivity index is 3.47. The van der Waals surface area contributed by atoms with Crippen LogP contribution in [0.4, 0.5) is 0 Å². The van der Waals surface area contributed by atoms with Gasteiger partial charge in [-0.05, 0) is 38.6 Å². The van der Waals surface area contributed by atoms with Gasteiger partial charge in [-0.3, -0.25) is 0 Å². The second kappa shape index (κ2) is 8.60. The van der Waals surface area contributed by atoms with E-state index in [2.05, 4.69) is 18.7 Å². The molecule has 0 heterocycles. The predicted octanol–water partition coefficient (Wildman–Crippen LogP) is 1.97. The molecule has 0 spiro atoms. The van der Waals surface area contributed by atoms with Crippen LogP contribution in [0.15, 0.2) is 12.3 Å². The molecule has 0 unspecified atom stereocenters. The SMILES string of the molecule is CCCN(CCC)CC/C=C/N. The van der Waals surface area contributed by atoms with Crippen molar-refractivity contribution in [1.82, 2.24) is 4.90 Å². The van der Waals surface area contributed by atoms with Crippen molar-refractivity contribution in [3.8, 4) is 0 Å². The topological polar surface area (TPSA) is 29.3 Å². The fraction of sp³-hybridized carbons (Fsp3) is 0.800. The van der Waals surface area contributed by atoms with Gasteiger partial charge in [0.15, 0.2) is 0 Å². The molecule has 0 fully saturated rings. The third-order valence-electron chi connectivity index (χ3n) is 1.83. The molecule has 0 rings (SSSR count). The van der Waals surface area contributed by atoms with Gasteiger partial charge >= 0.3 is 0 Å². The summed E-state index contributed by atoms with van der Waals surface area (Å²) in [5.74, 6) is 0. The van der Waals surface area contributed by atoms with Crippen molar-refractivity contribution in [3.05, 3.63) is 12.3 Å². The molecule has 0 aromatic rings. The van der Waals surface area contributed by atoms with Crippen LogP contribution in [0.25, 0.3) is 0 Å². The van der Waals surface area contributed by atoms with E-state index in [-0.39, 0.29) is 0 Å². The minimum atomic E-state index is 1.08. The standard InChI is InChI=1S/C10H22N2/c1-3-8-12(9-4-2)10-6-5-7-11/h5,7H,3-4,6,8-11H2,1-2H3/b7-5+. The zero-order valence-electron chi connectivity index (χ0n) is 8.42. The van der Waals surface area contributed by atoms with E-state index in [4.69, 9.17) is 5.73 Å². The first-order chi connectivity index (χ1) is 5.85. The van der Waals surface area contributed by atoms with E-state index >= 15 is 0 Å². The Morgan fingerprint density at radius 3 is 2.08 bits per heavy atom. The summed E-state index contributed by atoms with van der Waals surface area (Å²) in [4.78, 5) is 2.49. The van der Waals surface area contributed by atoms with E-state index in [1.54, 1.807) is 6.20 Å². The number of nitrogens with two attached hydrogens (primary N) is 1. The van der Waals surface area contributed by atoms with Crippen molar-refractivity contribution < 1.29 is 0 Å². The lowest BCUT2D eigenvalue weighted by Gasteiger charge is -2.19. The van der Waals surface area contributed by atoms with Crippen LogP contribution < -0.4 is 5.73 Å². The summed E-state index contributed by atoms with van der Waals surface area (Å²) < 4.78 is 0. The van der Waals surface area contributed by atoms with E-state index in [0.717, 1.165) is 13.0 Å². The third kappa shape index (κ3) is 6.23. The summed E-state index contributed by atoms with van der Waals surface area (Å²) in [6.45, 7) is 8.02. The smallest absolute Gasteiger partial charge is 0.00165 e. The van der Waals surface area contributed by atoms with Crippen molar-refractivity contribution in [2.45, 2.75) is 33.1 Å². The van der Waals surface area contributed by atoms with Crippen molar-refractivity contribution in [2.24, 2.45) is 5.73 Å². The van der Waals surface area contributed by atoms with E-state index in [9.17, 15) is 0 Å². The highest BCUT2D eigenvalue weighted by Gasteiger charge is 1.99. The molecule has 0 aliphatic rings. The van der Waals surface area contributed by atoms with Gasteiger partial charge in [0.1, 0.15) is 0 Å². The molecular formula is C10H22N2. The maximum absolute atomic E-state index is 5.26. The van der Waals surface area contributed by atoms with Gasteiger partial charge in [0.2, 0.25) is 0 Å². The average molecular weight is 170 g/mol. The quantitative estimate of drug-likeness (QED) is 0.633. The zero-order chi connectivity index (χ0) is 9.23. The summed E-state index contributed by atoms with van der Waals surface area (Å²) in [6, 6.07) is 0. The van der Waals surface area contributed by atoms with Gasteiger partial charge in [0.25, 0.3) is 0 Å². The Morgan fingerprint density at radius 2 is 1.67 bits per heavy atom. The van der Waals surface area contributed by atoms with E-state index in [1.807, 2.05) is 6.08 Å². The highest BCUT2D eigenvalue weighted by molar-refractivity contribution is 4.76. The highest BCUT2D eigenvalue weighted by atomic mass is 15.1. The lowest BCUT2D eigenvalue weighted by Crippen LogP contribution is -2.26. The predicted molar refractivity (Wildman–Crippen MR) is 55.0 cm³/mol. The summed E-state index contributed by atoms with van der Waals surface area (Å²) >= 11 is 0. The molecule has 0 amide bonds. The minimum Gasteiger partial charge on any atom is -0.405 e. The summed E-state index contributed by atoms with van der Waals surface area (Å²) in [5.41, 5.74) is 5.26. The number of hydrogen-bond donors (Lipinski definition) is 1. The Morgan fingerprint density at radius 1 is 1.08 bits per heavy atom. The average Bonchev–Trinajstić information content (AvgIpc) is 2.06. The second-order valence-corrected chi connectivity index (χ2v) is 3.06. The van der Waals surface area contributed by atoms with Crippen LogP contribution in [0.5, 0.6) is 0 Å². The van der Waals surface area contributed by atoms with Crippen LogP contribution in [-0.2, 0) is 0 Å². The van der Waals surface area contributed by atoms with Gasteiger partial charge in [-0.2, -0.15) is 0 Å². The van der Waals surface area contributed by atoms with E-state index in [1.165, 1.54) is 25.9 Å². The van der Waals surface area contributed by atoms with Crippen molar-refractivity contribution in [1.29, 1.82) is 0 Å². The monoisotopic (exact) mass is 170 g/mol. The summed E-state index contributed by atoms with van der Waals surface area (Å²) in [6.07, 6.45) is 7.23. The van der Waals surface area contributed by atoms with E-state index in [0.29, 0.717) is 0 Å². The third-order valence-corrected chi connectivity index (χ3v) is 1.83. The molecule has 2 N–H and O–H groups in total. The van der Waals surface area contributed by atoms with Crippen LogP contribution in [-0.4, -0.2) is 24.5 Å². The largest absolute Gasteiger partial charge is 0.405 e. The molecule has 0 bridgehead atoms. The minimum absolute atomic E-state index is 1.08. The van der Waals surface area contributed by atoms with Gasteiger partial charge in [0.05, 0.1) is 0 Å². The molecule has 0 saturated heterocycles. The molecule has 72 valence electrons. The Hall–Kier alpha value is -0.500. The fourth-order valence-electron chi connectivity index (χ4n) is 1.32. The van der Waals surface area contributed by atoms with Gasteiger partial charge in [-0.1, -0.05) is 19.9 Å². The van der Waals surface area contributed by atoms with Gasteiger partial charge in [0, 0.05) is 6.54 Å². The van der Waals surface area contributed by atoms with Gasteiger partial charge in [-0.25, -0.2) is 0 Å². The molecule has 2 nitrogen and oxygen atoms in total. The molecule has 0 saturated carbocycles. The first-order valence-corrected chi connectivity index (χ1v) is 4.94. The normalized spacial score (nSPS) is 11.6. The van der Waals surface area contributed by atoms with Crippen molar-refractivity contribution in [3.63, 3.8) is 0 Å².